The minimum absolute atomic E-state index is 0.00509. The van der Waals surface area contributed by atoms with E-state index in [0.717, 1.165) is 12.1 Å². The Morgan fingerprint density at radius 2 is 1.71 bits per heavy atom. The van der Waals surface area contributed by atoms with Gasteiger partial charge in [-0.05, 0) is 24.3 Å². The Morgan fingerprint density at radius 3 is 2.44 bits per heavy atom. The van der Waals surface area contributed by atoms with E-state index in [1.54, 1.807) is 24.3 Å². The molecule has 5 rings (SSSR count). The SMILES string of the molecule is COc1ccccc1[C@@H]1CC(=O)Oc2cc(O)c3c(=O)c(O)c(-c4ccc(O)c(O)c4)oc3c21. The van der Waals surface area contributed by atoms with E-state index < -0.39 is 40.3 Å². The van der Waals surface area contributed by atoms with Crippen molar-refractivity contribution in [3.63, 3.8) is 0 Å². The molecule has 172 valence electrons. The second-order valence-electron chi connectivity index (χ2n) is 7.80. The average molecular weight is 462 g/mol. The number of ether oxygens (including phenoxy) is 2. The van der Waals surface area contributed by atoms with Crippen molar-refractivity contribution < 1.29 is 39.1 Å². The molecule has 9 heteroatoms. The monoisotopic (exact) mass is 462 g/mol. The predicted molar refractivity (Wildman–Crippen MR) is 120 cm³/mol. The Bertz CT molecular complexity index is 1530. The lowest BCUT2D eigenvalue weighted by atomic mass is 9.84. The lowest BCUT2D eigenvalue weighted by Gasteiger charge is -2.27. The summed E-state index contributed by atoms with van der Waals surface area (Å²) in [6, 6.07) is 11.8. The number of benzene rings is 3. The van der Waals surface area contributed by atoms with Crippen molar-refractivity contribution in [2.45, 2.75) is 12.3 Å². The van der Waals surface area contributed by atoms with Crippen LogP contribution in [0.15, 0.2) is 57.7 Å². The van der Waals surface area contributed by atoms with Gasteiger partial charge in [-0.15, -0.1) is 0 Å². The van der Waals surface area contributed by atoms with Crippen molar-refractivity contribution in [3.8, 4) is 45.8 Å². The van der Waals surface area contributed by atoms with Gasteiger partial charge in [0.25, 0.3) is 0 Å². The summed E-state index contributed by atoms with van der Waals surface area (Å²) in [5.74, 6) is -3.21. The number of hydrogen-bond acceptors (Lipinski definition) is 9. The first-order chi connectivity index (χ1) is 16.3. The molecule has 0 saturated heterocycles. The van der Waals surface area contributed by atoms with Gasteiger partial charge < -0.3 is 34.3 Å². The molecule has 9 nitrogen and oxygen atoms in total. The van der Waals surface area contributed by atoms with E-state index in [1.807, 2.05) is 0 Å². The summed E-state index contributed by atoms with van der Waals surface area (Å²) < 4.78 is 16.8. The van der Waals surface area contributed by atoms with Crippen LogP contribution in [-0.2, 0) is 4.79 Å². The smallest absolute Gasteiger partial charge is 0.312 e. The van der Waals surface area contributed by atoms with Crippen LogP contribution in [0.3, 0.4) is 0 Å². The fourth-order valence-electron chi connectivity index (χ4n) is 4.26. The van der Waals surface area contributed by atoms with Crippen LogP contribution in [0.2, 0.25) is 0 Å². The average Bonchev–Trinajstić information content (AvgIpc) is 2.82. The van der Waals surface area contributed by atoms with Gasteiger partial charge in [-0.1, -0.05) is 18.2 Å². The maximum atomic E-state index is 13.1. The lowest BCUT2D eigenvalue weighted by Crippen LogP contribution is -2.22. The van der Waals surface area contributed by atoms with Gasteiger partial charge in [-0.3, -0.25) is 9.59 Å². The zero-order chi connectivity index (χ0) is 24.1. The van der Waals surface area contributed by atoms with Gasteiger partial charge in [-0.2, -0.15) is 0 Å². The van der Waals surface area contributed by atoms with E-state index in [1.165, 1.54) is 19.2 Å². The number of fused-ring (bicyclic) bond motifs is 3. The quantitative estimate of drug-likeness (QED) is 0.203. The van der Waals surface area contributed by atoms with Crippen molar-refractivity contribution in [3.05, 3.63) is 69.9 Å². The third kappa shape index (κ3) is 3.17. The summed E-state index contributed by atoms with van der Waals surface area (Å²) in [5, 5.41) is 40.3. The molecule has 1 aliphatic rings. The molecule has 4 N–H and O–H groups in total. The molecule has 0 fully saturated rings. The summed E-state index contributed by atoms with van der Waals surface area (Å²) in [5.41, 5.74) is 0.0433. The van der Waals surface area contributed by atoms with Gasteiger partial charge in [0.1, 0.15) is 28.2 Å². The molecule has 1 aliphatic heterocycles. The highest BCUT2D eigenvalue weighted by atomic mass is 16.5. The third-order valence-corrected chi connectivity index (χ3v) is 5.82. The summed E-state index contributed by atoms with van der Waals surface area (Å²) in [6.07, 6.45) is -0.0901. The van der Waals surface area contributed by atoms with Gasteiger partial charge in [0.2, 0.25) is 11.2 Å². The van der Waals surface area contributed by atoms with Crippen LogP contribution >= 0.6 is 0 Å². The summed E-state index contributed by atoms with van der Waals surface area (Å²) >= 11 is 0. The van der Waals surface area contributed by atoms with Crippen molar-refractivity contribution >= 4 is 16.9 Å². The summed E-state index contributed by atoms with van der Waals surface area (Å²) in [7, 11) is 1.49. The highest BCUT2D eigenvalue weighted by Gasteiger charge is 2.35. The number of hydrogen-bond donors (Lipinski definition) is 4. The number of aromatic hydroxyl groups is 4. The third-order valence-electron chi connectivity index (χ3n) is 5.82. The van der Waals surface area contributed by atoms with E-state index in [2.05, 4.69) is 0 Å². The standard InChI is InChI=1S/C25H18O9/c1-32-17-5-3-2-4-12(17)13-9-19(29)33-18-10-16(28)21-22(30)23(31)24(34-25(21)20(13)18)11-6-7-14(26)15(27)8-11/h2-8,10,13,26-28,31H,9H2,1H3/t13-/m0/s1. The van der Waals surface area contributed by atoms with Gasteiger partial charge in [0.05, 0.1) is 13.5 Å². The Hall–Kier alpha value is -4.66. The molecular weight excluding hydrogens is 444 g/mol. The second kappa shape index (κ2) is 7.73. The predicted octanol–water partition coefficient (Wildman–Crippen LogP) is 3.73. The number of phenols is 3. The largest absolute Gasteiger partial charge is 0.507 e. The van der Waals surface area contributed by atoms with Gasteiger partial charge in [0, 0.05) is 28.7 Å². The molecule has 4 aromatic rings. The highest BCUT2D eigenvalue weighted by Crippen LogP contribution is 2.48. The summed E-state index contributed by atoms with van der Waals surface area (Å²) in [4.78, 5) is 25.5. The van der Waals surface area contributed by atoms with Crippen LogP contribution in [0.25, 0.3) is 22.3 Å². The molecule has 34 heavy (non-hydrogen) atoms. The Balaban J connectivity index is 1.87. The minimum atomic E-state index is -0.917. The van der Waals surface area contributed by atoms with Crippen molar-refractivity contribution in [1.82, 2.24) is 0 Å². The number of carbonyl (C=O) groups excluding carboxylic acids is 1. The zero-order valence-electron chi connectivity index (χ0n) is 17.7. The van der Waals surface area contributed by atoms with Gasteiger partial charge >= 0.3 is 5.97 Å². The number of methoxy groups -OCH3 is 1. The molecule has 1 aromatic heterocycles. The van der Waals surface area contributed by atoms with E-state index in [0.29, 0.717) is 16.9 Å². The molecule has 0 unspecified atom stereocenters. The summed E-state index contributed by atoms with van der Waals surface area (Å²) in [6.45, 7) is 0. The van der Waals surface area contributed by atoms with Crippen LogP contribution in [-0.4, -0.2) is 33.5 Å². The normalized spacial score (nSPS) is 15.1. The van der Waals surface area contributed by atoms with Crippen LogP contribution in [0.5, 0.6) is 34.5 Å². The maximum Gasteiger partial charge on any atom is 0.312 e. The van der Waals surface area contributed by atoms with Gasteiger partial charge in [0.15, 0.2) is 17.3 Å². The Labute approximate surface area is 191 Å². The molecule has 0 bridgehead atoms. The number of carbonyl (C=O) groups is 1. The lowest BCUT2D eigenvalue weighted by molar-refractivity contribution is -0.135. The van der Waals surface area contributed by atoms with Crippen molar-refractivity contribution in [2.75, 3.05) is 7.11 Å². The molecule has 0 spiro atoms. The van der Waals surface area contributed by atoms with Crippen LogP contribution in [0.1, 0.15) is 23.5 Å². The molecule has 3 aromatic carbocycles. The molecule has 1 atom stereocenters. The zero-order valence-corrected chi connectivity index (χ0v) is 17.7. The molecule has 0 amide bonds. The second-order valence-corrected chi connectivity index (χ2v) is 7.80. The fourth-order valence-corrected chi connectivity index (χ4v) is 4.26. The van der Waals surface area contributed by atoms with E-state index in [-0.39, 0.29) is 34.5 Å². The van der Waals surface area contributed by atoms with Crippen LogP contribution in [0, 0.1) is 0 Å². The first-order valence-corrected chi connectivity index (χ1v) is 10.2. The first-order valence-electron chi connectivity index (χ1n) is 10.2. The van der Waals surface area contributed by atoms with Crippen molar-refractivity contribution in [2.24, 2.45) is 0 Å². The minimum Gasteiger partial charge on any atom is -0.507 e. The number of para-hydroxylation sites is 1. The Kier molecular flexibility index (Phi) is 4.82. The number of phenolic OH excluding ortho intramolecular Hbond substituents is 3. The number of esters is 1. The topological polar surface area (TPSA) is 147 Å². The number of rotatable bonds is 3. The molecule has 0 aliphatic carbocycles. The van der Waals surface area contributed by atoms with E-state index >= 15 is 0 Å². The Morgan fingerprint density at radius 1 is 0.941 bits per heavy atom. The fraction of sp³-hybridized carbons (Fsp3) is 0.120. The molecule has 0 radical (unpaired) electrons. The molecular formula is C25H18O9. The van der Waals surface area contributed by atoms with Gasteiger partial charge in [-0.25, -0.2) is 0 Å². The first kappa shape index (κ1) is 21.2. The van der Waals surface area contributed by atoms with Crippen LogP contribution in [0.4, 0.5) is 0 Å². The molecule has 0 saturated carbocycles. The molecule has 2 heterocycles. The van der Waals surface area contributed by atoms with E-state index in [9.17, 15) is 30.0 Å². The van der Waals surface area contributed by atoms with Crippen LogP contribution < -0.4 is 14.9 Å². The highest BCUT2D eigenvalue weighted by molar-refractivity contribution is 5.94. The van der Waals surface area contributed by atoms with E-state index in [4.69, 9.17) is 13.9 Å². The van der Waals surface area contributed by atoms with Crippen molar-refractivity contribution in [1.29, 1.82) is 0 Å². The maximum absolute atomic E-state index is 13.1.